The smallest absolute Gasteiger partial charge is 0.257 e. The molecule has 144 valence electrons. The fraction of sp³-hybridized carbons (Fsp3) is 0.556. The zero-order valence-corrected chi connectivity index (χ0v) is 16.0. The number of rotatable bonds is 7. The Labute approximate surface area is 158 Å². The quantitative estimate of drug-likeness (QED) is 0.554. The van der Waals surface area contributed by atoms with Crippen LogP contribution >= 0.6 is 11.6 Å². The molecule has 1 heterocycles. The fourth-order valence-corrected chi connectivity index (χ4v) is 3.16. The van der Waals surface area contributed by atoms with Gasteiger partial charge in [-0.1, -0.05) is 11.6 Å². The number of halogens is 1. The minimum Gasteiger partial charge on any atom is -0.496 e. The fourth-order valence-electron chi connectivity index (χ4n) is 2.99. The second kappa shape index (κ2) is 9.64. The number of hydrogen-bond acceptors (Lipinski definition) is 5. The lowest BCUT2D eigenvalue weighted by Crippen LogP contribution is -2.43. The van der Waals surface area contributed by atoms with Crippen LogP contribution in [0.1, 0.15) is 29.6 Å². The highest BCUT2D eigenvalue weighted by atomic mass is 35.5. The molecule has 3 N–H and O–H groups in total. The van der Waals surface area contributed by atoms with Gasteiger partial charge >= 0.3 is 0 Å². The minimum atomic E-state index is -0.164. The number of carbonyl (C=O) groups is 2. The molecule has 0 atom stereocenters. The summed E-state index contributed by atoms with van der Waals surface area (Å²) < 4.78 is 10.2. The Morgan fingerprint density at radius 3 is 2.62 bits per heavy atom. The highest BCUT2D eigenvalue weighted by Crippen LogP contribution is 2.30. The number of hydrogen-bond donors (Lipinski definition) is 2. The topological polar surface area (TPSA) is 93.9 Å². The highest BCUT2D eigenvalue weighted by Gasteiger charge is 2.29. The molecule has 0 saturated carbocycles. The maximum Gasteiger partial charge on any atom is 0.257 e. The summed E-state index contributed by atoms with van der Waals surface area (Å²) in [5.74, 6) is 0.206. The summed E-state index contributed by atoms with van der Waals surface area (Å²) in [4.78, 5) is 26.7. The minimum absolute atomic E-state index is 0.0429. The summed E-state index contributed by atoms with van der Waals surface area (Å²) in [6, 6.07) is 3.09. The Balaban J connectivity index is 1.92. The van der Waals surface area contributed by atoms with Gasteiger partial charge < -0.3 is 25.4 Å². The summed E-state index contributed by atoms with van der Waals surface area (Å²) >= 11 is 6.05. The predicted molar refractivity (Wildman–Crippen MR) is 101 cm³/mol. The van der Waals surface area contributed by atoms with E-state index in [4.69, 9.17) is 26.8 Å². The number of amides is 2. The van der Waals surface area contributed by atoms with E-state index < -0.39 is 0 Å². The van der Waals surface area contributed by atoms with Crippen molar-refractivity contribution < 1.29 is 19.1 Å². The van der Waals surface area contributed by atoms with Gasteiger partial charge in [-0.05, 0) is 25.3 Å². The Bertz CT molecular complexity index is 646. The number of methoxy groups -OCH3 is 2. The number of ether oxygens (including phenoxy) is 2. The molecule has 0 radical (unpaired) electrons. The summed E-state index contributed by atoms with van der Waals surface area (Å²) in [6.45, 7) is 2.26. The number of nitrogens with zero attached hydrogens (tertiary/aromatic N) is 1. The van der Waals surface area contributed by atoms with E-state index in [0.29, 0.717) is 61.1 Å². The van der Waals surface area contributed by atoms with E-state index in [1.807, 2.05) is 0 Å². The van der Waals surface area contributed by atoms with Gasteiger partial charge in [0.15, 0.2) is 0 Å². The zero-order chi connectivity index (χ0) is 19.1. The molecule has 7 nitrogen and oxygen atoms in total. The summed E-state index contributed by atoms with van der Waals surface area (Å²) in [6.07, 6.45) is 2.05. The van der Waals surface area contributed by atoms with Crippen molar-refractivity contribution in [3.8, 4) is 5.75 Å². The standard InChI is InChI=1S/C18H26ClN3O4/c1-25-9-3-6-21-17(23)12-4-7-22(8-5-12)18(24)13-10-14(19)15(20)11-16(13)26-2/h10-12H,3-9,20H2,1-2H3,(H,21,23). The van der Waals surface area contributed by atoms with Crippen LogP contribution in [0.25, 0.3) is 0 Å². The van der Waals surface area contributed by atoms with Gasteiger partial charge in [-0.15, -0.1) is 0 Å². The molecule has 1 saturated heterocycles. The Kier molecular flexibility index (Phi) is 7.53. The number of nitrogens with two attached hydrogens (primary N) is 1. The van der Waals surface area contributed by atoms with E-state index >= 15 is 0 Å². The number of piperidine rings is 1. The molecule has 2 amide bonds. The molecule has 0 aliphatic carbocycles. The van der Waals surface area contributed by atoms with Crippen LogP contribution in [0.5, 0.6) is 5.75 Å². The molecule has 0 aromatic heterocycles. The molecule has 1 aliphatic rings. The van der Waals surface area contributed by atoms with Crippen LogP contribution in [-0.2, 0) is 9.53 Å². The Morgan fingerprint density at radius 1 is 1.31 bits per heavy atom. The average Bonchev–Trinajstić information content (AvgIpc) is 2.66. The van der Waals surface area contributed by atoms with E-state index in [-0.39, 0.29) is 17.7 Å². The molecule has 0 bridgehead atoms. The largest absolute Gasteiger partial charge is 0.496 e. The maximum absolute atomic E-state index is 12.8. The first-order valence-corrected chi connectivity index (χ1v) is 9.04. The molecule has 0 unspecified atom stereocenters. The van der Waals surface area contributed by atoms with Crippen molar-refractivity contribution in [2.24, 2.45) is 5.92 Å². The Hall–Kier alpha value is -1.99. The van der Waals surface area contributed by atoms with Crippen molar-refractivity contribution >= 4 is 29.1 Å². The molecule has 0 spiro atoms. The summed E-state index contributed by atoms with van der Waals surface area (Å²) in [5.41, 5.74) is 6.51. The summed E-state index contributed by atoms with van der Waals surface area (Å²) in [7, 11) is 3.12. The lowest BCUT2D eigenvalue weighted by Gasteiger charge is -2.31. The van der Waals surface area contributed by atoms with E-state index in [1.165, 1.54) is 13.2 Å². The number of anilines is 1. The third kappa shape index (κ3) is 5.02. The van der Waals surface area contributed by atoms with Crippen molar-refractivity contribution in [3.05, 3.63) is 22.7 Å². The first-order valence-electron chi connectivity index (χ1n) is 8.66. The van der Waals surface area contributed by atoms with E-state index in [0.717, 1.165) is 6.42 Å². The average molecular weight is 384 g/mol. The van der Waals surface area contributed by atoms with Gasteiger partial charge in [0.2, 0.25) is 5.91 Å². The maximum atomic E-state index is 12.8. The first-order chi connectivity index (χ1) is 12.5. The molecule has 1 aromatic rings. The van der Waals surface area contributed by atoms with Crippen molar-refractivity contribution in [2.75, 3.05) is 46.2 Å². The first kappa shape index (κ1) is 20.3. The monoisotopic (exact) mass is 383 g/mol. The van der Waals surface area contributed by atoms with Gasteiger partial charge in [0.1, 0.15) is 5.75 Å². The van der Waals surface area contributed by atoms with Gasteiger partial charge in [0, 0.05) is 45.3 Å². The van der Waals surface area contributed by atoms with Crippen LogP contribution in [0.4, 0.5) is 5.69 Å². The second-order valence-corrected chi connectivity index (χ2v) is 6.69. The molecule has 8 heteroatoms. The Morgan fingerprint density at radius 2 is 2.00 bits per heavy atom. The number of nitrogens with one attached hydrogen (secondary N) is 1. The summed E-state index contributed by atoms with van der Waals surface area (Å²) in [5, 5.41) is 3.24. The lowest BCUT2D eigenvalue weighted by molar-refractivity contribution is -0.126. The lowest BCUT2D eigenvalue weighted by atomic mass is 9.95. The third-order valence-electron chi connectivity index (χ3n) is 4.53. The second-order valence-electron chi connectivity index (χ2n) is 6.28. The molecular weight excluding hydrogens is 358 g/mol. The molecule has 1 aliphatic heterocycles. The van der Waals surface area contributed by atoms with Gasteiger partial charge in [-0.3, -0.25) is 9.59 Å². The van der Waals surface area contributed by atoms with Crippen LogP contribution in [-0.4, -0.2) is 57.2 Å². The molecular formula is C18H26ClN3O4. The van der Waals surface area contributed by atoms with E-state index in [1.54, 1.807) is 18.1 Å². The number of likely N-dealkylation sites (tertiary alicyclic amines) is 1. The van der Waals surface area contributed by atoms with Crippen LogP contribution in [0.15, 0.2) is 12.1 Å². The van der Waals surface area contributed by atoms with Crippen molar-refractivity contribution in [2.45, 2.75) is 19.3 Å². The zero-order valence-electron chi connectivity index (χ0n) is 15.2. The predicted octanol–water partition coefficient (Wildman–Crippen LogP) is 1.94. The van der Waals surface area contributed by atoms with Gasteiger partial charge in [-0.25, -0.2) is 0 Å². The SMILES string of the molecule is COCCCNC(=O)C1CCN(C(=O)c2cc(Cl)c(N)cc2OC)CC1. The number of benzene rings is 1. The van der Waals surface area contributed by atoms with E-state index in [2.05, 4.69) is 5.32 Å². The van der Waals surface area contributed by atoms with Crippen LogP contribution in [0.3, 0.4) is 0 Å². The van der Waals surface area contributed by atoms with Crippen molar-refractivity contribution in [1.29, 1.82) is 0 Å². The van der Waals surface area contributed by atoms with Crippen LogP contribution < -0.4 is 15.8 Å². The third-order valence-corrected chi connectivity index (χ3v) is 4.85. The van der Waals surface area contributed by atoms with Crippen molar-refractivity contribution in [1.82, 2.24) is 10.2 Å². The molecule has 1 aromatic carbocycles. The van der Waals surface area contributed by atoms with Gasteiger partial charge in [0.05, 0.1) is 23.4 Å². The van der Waals surface area contributed by atoms with Crippen LogP contribution in [0, 0.1) is 5.92 Å². The molecule has 2 rings (SSSR count). The molecule has 1 fully saturated rings. The van der Waals surface area contributed by atoms with Gasteiger partial charge in [-0.2, -0.15) is 0 Å². The van der Waals surface area contributed by atoms with E-state index in [9.17, 15) is 9.59 Å². The normalized spacial score (nSPS) is 15.0. The highest BCUT2D eigenvalue weighted by molar-refractivity contribution is 6.33. The van der Waals surface area contributed by atoms with Crippen molar-refractivity contribution in [3.63, 3.8) is 0 Å². The van der Waals surface area contributed by atoms with Crippen LogP contribution in [0.2, 0.25) is 5.02 Å². The number of nitrogen functional groups attached to an aromatic ring is 1. The molecule has 26 heavy (non-hydrogen) atoms. The van der Waals surface area contributed by atoms with Gasteiger partial charge in [0.25, 0.3) is 5.91 Å². The number of carbonyl (C=O) groups excluding carboxylic acids is 2.